The van der Waals surface area contributed by atoms with Gasteiger partial charge in [-0.15, -0.1) is 0 Å². The van der Waals surface area contributed by atoms with Crippen LogP contribution in [0, 0.1) is 0 Å². The Labute approximate surface area is 146 Å². The monoisotopic (exact) mass is 333 g/mol. The van der Waals surface area contributed by atoms with Crippen LogP contribution >= 0.6 is 0 Å². The van der Waals surface area contributed by atoms with Crippen molar-refractivity contribution in [3.05, 3.63) is 36.9 Å². The Hall–Kier alpha value is -1.97. The third-order valence-corrected chi connectivity index (χ3v) is 3.85. The van der Waals surface area contributed by atoms with E-state index in [4.69, 9.17) is 15.2 Å². The average molecular weight is 333 g/mol. The third kappa shape index (κ3) is 10.7. The quantitative estimate of drug-likeness (QED) is 0.228. The molecule has 0 aromatic heterocycles. The van der Waals surface area contributed by atoms with Crippen LogP contribution in [-0.2, 0) is 9.53 Å². The molecule has 0 amide bonds. The first-order chi connectivity index (χ1) is 11.7. The van der Waals surface area contributed by atoms with E-state index in [1.165, 1.54) is 44.6 Å². The highest BCUT2D eigenvalue weighted by atomic mass is 16.5. The maximum Gasteiger partial charge on any atom is 0.330 e. The van der Waals surface area contributed by atoms with Gasteiger partial charge in [-0.25, -0.2) is 4.79 Å². The summed E-state index contributed by atoms with van der Waals surface area (Å²) in [6, 6.07) is 7.54. The molecule has 1 aromatic carbocycles. The standard InChI is InChI=1S/C20H31NO3/c1-2-20(22)24-17-11-9-7-5-3-4-6-8-10-16-23-19-14-12-18(21)13-15-19/h2,12-15H,1,3-11,16-17,21H2. The van der Waals surface area contributed by atoms with Crippen molar-refractivity contribution in [1.29, 1.82) is 0 Å². The van der Waals surface area contributed by atoms with E-state index >= 15 is 0 Å². The molecule has 0 unspecified atom stereocenters. The molecule has 0 saturated carbocycles. The van der Waals surface area contributed by atoms with Gasteiger partial charge in [-0.2, -0.15) is 0 Å². The molecular weight excluding hydrogens is 302 g/mol. The van der Waals surface area contributed by atoms with Crippen LogP contribution in [0.25, 0.3) is 0 Å². The maximum absolute atomic E-state index is 10.8. The van der Waals surface area contributed by atoms with Crippen molar-refractivity contribution in [2.24, 2.45) is 0 Å². The van der Waals surface area contributed by atoms with Crippen LogP contribution in [0.5, 0.6) is 5.75 Å². The normalized spacial score (nSPS) is 10.3. The zero-order valence-electron chi connectivity index (χ0n) is 14.7. The highest BCUT2D eigenvalue weighted by molar-refractivity contribution is 5.81. The Bertz CT molecular complexity index is 456. The average Bonchev–Trinajstić information content (AvgIpc) is 2.60. The summed E-state index contributed by atoms with van der Waals surface area (Å²) in [5.74, 6) is 0.568. The van der Waals surface area contributed by atoms with Gasteiger partial charge in [0, 0.05) is 11.8 Å². The fraction of sp³-hybridized carbons (Fsp3) is 0.550. The summed E-state index contributed by atoms with van der Waals surface area (Å²) < 4.78 is 10.6. The van der Waals surface area contributed by atoms with Crippen LogP contribution in [0.15, 0.2) is 36.9 Å². The van der Waals surface area contributed by atoms with Crippen molar-refractivity contribution in [2.45, 2.75) is 57.8 Å². The number of carbonyl (C=O) groups excluding carboxylic acids is 1. The lowest BCUT2D eigenvalue weighted by atomic mass is 10.1. The minimum Gasteiger partial charge on any atom is -0.494 e. The first kappa shape index (κ1) is 20.1. The van der Waals surface area contributed by atoms with E-state index in [-0.39, 0.29) is 5.97 Å². The van der Waals surface area contributed by atoms with Gasteiger partial charge in [0.2, 0.25) is 0 Å². The van der Waals surface area contributed by atoms with E-state index in [1.807, 2.05) is 24.3 Å². The number of nitrogens with two attached hydrogens (primary N) is 1. The molecule has 0 bridgehead atoms. The molecule has 4 heteroatoms. The van der Waals surface area contributed by atoms with Gasteiger partial charge in [-0.05, 0) is 37.1 Å². The van der Waals surface area contributed by atoms with E-state index < -0.39 is 0 Å². The van der Waals surface area contributed by atoms with E-state index in [0.29, 0.717) is 6.61 Å². The molecule has 0 saturated heterocycles. The van der Waals surface area contributed by atoms with Gasteiger partial charge in [0.1, 0.15) is 5.75 Å². The summed E-state index contributed by atoms with van der Waals surface area (Å²) in [5.41, 5.74) is 6.40. The minimum absolute atomic E-state index is 0.324. The number of carbonyl (C=O) groups is 1. The van der Waals surface area contributed by atoms with Crippen LogP contribution < -0.4 is 10.5 Å². The maximum atomic E-state index is 10.8. The van der Waals surface area contributed by atoms with Crippen molar-refractivity contribution in [1.82, 2.24) is 0 Å². The van der Waals surface area contributed by atoms with Gasteiger partial charge in [-0.3, -0.25) is 0 Å². The lowest BCUT2D eigenvalue weighted by Crippen LogP contribution is -2.01. The van der Waals surface area contributed by atoms with E-state index in [1.54, 1.807) is 0 Å². The van der Waals surface area contributed by atoms with Crippen LogP contribution in [0.1, 0.15) is 57.8 Å². The molecule has 0 aliphatic heterocycles. The summed E-state index contributed by atoms with van der Waals surface area (Å²) >= 11 is 0. The van der Waals surface area contributed by atoms with Crippen molar-refractivity contribution in [2.75, 3.05) is 18.9 Å². The number of hydrogen-bond donors (Lipinski definition) is 1. The van der Waals surface area contributed by atoms with E-state index in [9.17, 15) is 4.79 Å². The van der Waals surface area contributed by atoms with Gasteiger partial charge in [0.15, 0.2) is 0 Å². The number of anilines is 1. The third-order valence-electron chi connectivity index (χ3n) is 3.85. The van der Waals surface area contributed by atoms with Gasteiger partial charge in [0.25, 0.3) is 0 Å². The lowest BCUT2D eigenvalue weighted by molar-refractivity contribution is -0.137. The van der Waals surface area contributed by atoms with Crippen LogP contribution in [0.4, 0.5) is 5.69 Å². The Morgan fingerprint density at radius 3 is 1.92 bits per heavy atom. The number of esters is 1. The van der Waals surface area contributed by atoms with Crippen LogP contribution in [-0.4, -0.2) is 19.2 Å². The number of ether oxygens (including phenoxy) is 2. The number of unbranched alkanes of at least 4 members (excludes halogenated alkanes) is 8. The molecule has 4 nitrogen and oxygen atoms in total. The molecule has 0 fully saturated rings. The van der Waals surface area contributed by atoms with Crippen molar-refractivity contribution < 1.29 is 14.3 Å². The van der Waals surface area contributed by atoms with Crippen molar-refractivity contribution in [3.63, 3.8) is 0 Å². The number of benzene rings is 1. The smallest absolute Gasteiger partial charge is 0.330 e. The van der Waals surface area contributed by atoms with Crippen LogP contribution in [0.3, 0.4) is 0 Å². The Morgan fingerprint density at radius 2 is 1.38 bits per heavy atom. The SMILES string of the molecule is C=CC(=O)OCCCCCCCCCCCOc1ccc(N)cc1. The number of hydrogen-bond acceptors (Lipinski definition) is 4. The van der Waals surface area contributed by atoms with Crippen LogP contribution in [0.2, 0.25) is 0 Å². The van der Waals surface area contributed by atoms with E-state index in [2.05, 4.69) is 6.58 Å². The predicted molar refractivity (Wildman–Crippen MR) is 99.1 cm³/mol. The molecule has 2 N–H and O–H groups in total. The largest absolute Gasteiger partial charge is 0.494 e. The second-order valence-electron chi connectivity index (χ2n) is 5.97. The molecule has 0 spiro atoms. The molecule has 134 valence electrons. The summed E-state index contributed by atoms with van der Waals surface area (Å²) in [7, 11) is 0. The zero-order chi connectivity index (χ0) is 17.5. The lowest BCUT2D eigenvalue weighted by Gasteiger charge is -2.06. The Morgan fingerprint density at radius 1 is 0.875 bits per heavy atom. The Kier molecular flexibility index (Phi) is 11.3. The molecule has 24 heavy (non-hydrogen) atoms. The summed E-state index contributed by atoms with van der Waals surface area (Å²) in [6.45, 7) is 4.65. The highest BCUT2D eigenvalue weighted by Crippen LogP contribution is 2.14. The second-order valence-corrected chi connectivity index (χ2v) is 5.97. The second kappa shape index (κ2) is 13.5. The van der Waals surface area contributed by atoms with Gasteiger partial charge in [0.05, 0.1) is 13.2 Å². The first-order valence-corrected chi connectivity index (χ1v) is 9.00. The Balaban J connectivity index is 1.80. The van der Waals surface area contributed by atoms with Gasteiger partial charge < -0.3 is 15.2 Å². The minimum atomic E-state index is -0.324. The molecule has 0 atom stereocenters. The molecule has 1 aromatic rings. The highest BCUT2D eigenvalue weighted by Gasteiger charge is 1.97. The molecule has 0 aliphatic rings. The fourth-order valence-corrected chi connectivity index (χ4v) is 2.43. The number of rotatable bonds is 14. The molecule has 1 rings (SSSR count). The zero-order valence-corrected chi connectivity index (χ0v) is 14.7. The first-order valence-electron chi connectivity index (χ1n) is 9.00. The van der Waals surface area contributed by atoms with Crippen molar-refractivity contribution in [3.8, 4) is 5.75 Å². The molecular formula is C20H31NO3. The fourth-order valence-electron chi connectivity index (χ4n) is 2.43. The summed E-state index contributed by atoms with van der Waals surface area (Å²) in [4.78, 5) is 10.8. The predicted octanol–water partition coefficient (Wildman–Crippen LogP) is 4.89. The molecule has 0 aliphatic carbocycles. The van der Waals surface area contributed by atoms with Crippen molar-refractivity contribution >= 4 is 11.7 Å². The van der Waals surface area contributed by atoms with Gasteiger partial charge in [-0.1, -0.05) is 51.5 Å². The number of nitrogen functional groups attached to an aromatic ring is 1. The summed E-state index contributed by atoms with van der Waals surface area (Å²) in [6.07, 6.45) is 11.9. The topological polar surface area (TPSA) is 61.5 Å². The molecule has 0 heterocycles. The summed E-state index contributed by atoms with van der Waals surface area (Å²) in [5, 5.41) is 0. The molecule has 0 radical (unpaired) electrons. The van der Waals surface area contributed by atoms with E-state index in [0.717, 1.165) is 37.3 Å². The van der Waals surface area contributed by atoms with Gasteiger partial charge >= 0.3 is 5.97 Å².